The number of nitrogens with zero attached hydrogens (tertiary/aromatic N) is 2. The molecule has 0 unspecified atom stereocenters. The van der Waals surface area contributed by atoms with Gasteiger partial charge in [-0.1, -0.05) is 18.9 Å². The summed E-state index contributed by atoms with van der Waals surface area (Å²) in [5.74, 6) is 0.859. The number of fused-ring (bicyclic) bond motifs is 1. The highest BCUT2D eigenvalue weighted by atomic mass is 32.2. The Morgan fingerprint density at radius 3 is 2.53 bits per heavy atom. The molecule has 3 aromatic rings. The molecule has 2 aromatic heterocycles. The third-order valence-corrected chi connectivity index (χ3v) is 8.02. The van der Waals surface area contributed by atoms with Gasteiger partial charge in [-0.25, -0.2) is 13.4 Å². The van der Waals surface area contributed by atoms with Crippen LogP contribution in [0.4, 0.5) is 5.69 Å². The van der Waals surface area contributed by atoms with Crippen LogP contribution in [-0.4, -0.2) is 30.7 Å². The van der Waals surface area contributed by atoms with Crippen LogP contribution in [0.1, 0.15) is 50.0 Å². The van der Waals surface area contributed by atoms with E-state index < -0.39 is 10.0 Å². The monoisotopic (exact) mass is 423 g/mol. The van der Waals surface area contributed by atoms with E-state index in [9.17, 15) is 8.42 Å². The van der Waals surface area contributed by atoms with Gasteiger partial charge in [0.25, 0.3) is 0 Å². The number of anilines is 1. The van der Waals surface area contributed by atoms with E-state index in [0.29, 0.717) is 24.4 Å². The number of pyridine rings is 2. The van der Waals surface area contributed by atoms with Gasteiger partial charge in [0, 0.05) is 23.3 Å². The molecule has 2 aliphatic carbocycles. The minimum Gasteiger partial charge on any atom is -0.480 e. The fraction of sp³-hybridized carbons (Fsp3) is 0.391. The van der Waals surface area contributed by atoms with E-state index in [2.05, 4.69) is 26.8 Å². The number of hydrogen-bond donors (Lipinski definition) is 1. The Kier molecular flexibility index (Phi) is 4.85. The smallest absolute Gasteiger partial charge is 0.238 e. The largest absolute Gasteiger partial charge is 0.480 e. The molecule has 2 heterocycles. The van der Waals surface area contributed by atoms with E-state index in [1.165, 1.54) is 38.4 Å². The summed E-state index contributed by atoms with van der Waals surface area (Å²) in [6.45, 7) is 0. The summed E-state index contributed by atoms with van der Waals surface area (Å²) in [6.07, 6.45) is 10.0. The fourth-order valence-corrected chi connectivity index (χ4v) is 5.78. The molecule has 0 spiro atoms. The third-order valence-electron chi connectivity index (χ3n) is 6.16. The SMILES string of the molecule is COc1ncc(-c2ccc3nccc(C4CCCC4)c3c2)cc1NS(=O)(=O)C1CC1. The fourth-order valence-electron chi connectivity index (χ4n) is 4.40. The van der Waals surface area contributed by atoms with E-state index in [-0.39, 0.29) is 11.1 Å². The van der Waals surface area contributed by atoms with Crippen LogP contribution in [0.2, 0.25) is 0 Å². The first-order chi connectivity index (χ1) is 14.5. The van der Waals surface area contributed by atoms with Crippen LogP contribution in [0.15, 0.2) is 42.7 Å². The lowest BCUT2D eigenvalue weighted by atomic mass is 9.93. The lowest BCUT2D eigenvalue weighted by molar-refractivity contribution is 0.400. The van der Waals surface area contributed by atoms with E-state index in [4.69, 9.17) is 4.74 Å². The van der Waals surface area contributed by atoms with Crippen LogP contribution in [-0.2, 0) is 10.0 Å². The van der Waals surface area contributed by atoms with E-state index in [0.717, 1.165) is 22.0 Å². The van der Waals surface area contributed by atoms with Crippen LogP contribution in [0.3, 0.4) is 0 Å². The highest BCUT2D eigenvalue weighted by Gasteiger charge is 2.36. The normalized spacial score (nSPS) is 17.4. The predicted molar refractivity (Wildman–Crippen MR) is 118 cm³/mol. The first kappa shape index (κ1) is 19.3. The van der Waals surface area contributed by atoms with Gasteiger partial charge in [0.15, 0.2) is 0 Å². The molecule has 0 bridgehead atoms. The highest BCUT2D eigenvalue weighted by Crippen LogP contribution is 2.39. The Labute approximate surface area is 176 Å². The van der Waals surface area contributed by atoms with Gasteiger partial charge < -0.3 is 4.74 Å². The summed E-state index contributed by atoms with van der Waals surface area (Å²) in [5.41, 5.74) is 4.54. The Bertz CT molecular complexity index is 1200. The maximum atomic E-state index is 12.4. The van der Waals surface area contributed by atoms with Gasteiger partial charge in [0.2, 0.25) is 15.9 Å². The quantitative estimate of drug-likeness (QED) is 0.612. The Hall–Kier alpha value is -2.67. The zero-order chi connectivity index (χ0) is 20.7. The number of nitrogens with one attached hydrogen (secondary N) is 1. The summed E-state index contributed by atoms with van der Waals surface area (Å²) in [4.78, 5) is 8.89. The molecule has 0 aliphatic heterocycles. The molecule has 2 fully saturated rings. The van der Waals surface area contributed by atoms with E-state index >= 15 is 0 Å². The molecule has 0 radical (unpaired) electrons. The summed E-state index contributed by atoms with van der Waals surface area (Å²) in [6, 6.07) is 10.1. The minimum absolute atomic E-state index is 0.275. The summed E-state index contributed by atoms with van der Waals surface area (Å²) in [5, 5.41) is 0.851. The van der Waals surface area contributed by atoms with Crippen LogP contribution < -0.4 is 9.46 Å². The number of ether oxygens (including phenoxy) is 1. The second-order valence-corrected chi connectivity index (χ2v) is 10.2. The predicted octanol–water partition coefficient (Wildman–Crippen LogP) is 4.87. The number of methoxy groups -OCH3 is 1. The van der Waals surface area contributed by atoms with Crippen molar-refractivity contribution >= 4 is 26.6 Å². The van der Waals surface area contributed by atoms with E-state index in [1.807, 2.05) is 18.3 Å². The molecule has 6 nitrogen and oxygen atoms in total. The van der Waals surface area contributed by atoms with Gasteiger partial charge in [-0.15, -0.1) is 0 Å². The summed E-state index contributed by atoms with van der Waals surface area (Å²) in [7, 11) is -1.91. The molecule has 7 heteroatoms. The molecular formula is C23H25N3O3S. The second kappa shape index (κ2) is 7.54. The average Bonchev–Trinajstić information content (AvgIpc) is 3.49. The summed E-state index contributed by atoms with van der Waals surface area (Å²) < 4.78 is 32.9. The zero-order valence-electron chi connectivity index (χ0n) is 17.0. The molecule has 5 rings (SSSR count). The number of rotatable bonds is 6. The number of hydrogen-bond acceptors (Lipinski definition) is 5. The van der Waals surface area contributed by atoms with Gasteiger partial charge >= 0.3 is 0 Å². The minimum atomic E-state index is -3.40. The molecule has 30 heavy (non-hydrogen) atoms. The molecule has 156 valence electrons. The van der Waals surface area contributed by atoms with Gasteiger partial charge in [-0.3, -0.25) is 9.71 Å². The Morgan fingerprint density at radius 1 is 1.00 bits per heavy atom. The molecule has 2 saturated carbocycles. The average molecular weight is 424 g/mol. The highest BCUT2D eigenvalue weighted by molar-refractivity contribution is 7.93. The van der Waals surface area contributed by atoms with Crippen molar-refractivity contribution in [1.29, 1.82) is 0 Å². The molecule has 0 amide bonds. The van der Waals surface area contributed by atoms with E-state index in [1.54, 1.807) is 12.3 Å². The number of benzene rings is 1. The first-order valence-electron chi connectivity index (χ1n) is 10.5. The van der Waals surface area contributed by atoms with Gasteiger partial charge in [0.05, 0.1) is 17.9 Å². The van der Waals surface area contributed by atoms with Crippen molar-refractivity contribution in [2.24, 2.45) is 0 Å². The maximum Gasteiger partial charge on any atom is 0.238 e. The van der Waals surface area contributed by atoms with Crippen molar-refractivity contribution in [2.75, 3.05) is 11.8 Å². The third kappa shape index (κ3) is 3.62. The topological polar surface area (TPSA) is 81.2 Å². The summed E-state index contributed by atoms with van der Waals surface area (Å²) >= 11 is 0. The number of sulfonamides is 1. The Morgan fingerprint density at radius 2 is 1.80 bits per heavy atom. The second-order valence-electron chi connectivity index (χ2n) is 8.24. The van der Waals surface area contributed by atoms with Crippen LogP contribution in [0, 0.1) is 0 Å². The lowest BCUT2D eigenvalue weighted by Gasteiger charge is -2.15. The van der Waals surface area contributed by atoms with Gasteiger partial charge in [0.1, 0.15) is 5.69 Å². The van der Waals surface area contributed by atoms with Crippen molar-refractivity contribution < 1.29 is 13.2 Å². The van der Waals surface area contributed by atoms with Crippen molar-refractivity contribution in [1.82, 2.24) is 9.97 Å². The standard InChI is InChI=1S/C23H25N3O3S/c1-29-23-22(26-30(27,28)18-7-8-18)13-17(14-25-23)16-6-9-21-20(12-16)19(10-11-24-21)15-4-2-3-5-15/h6,9-15,18,26H,2-5,7-8H2,1H3. The van der Waals surface area contributed by atoms with Crippen molar-refractivity contribution in [2.45, 2.75) is 49.7 Å². The van der Waals surface area contributed by atoms with Crippen LogP contribution in [0.5, 0.6) is 5.88 Å². The van der Waals surface area contributed by atoms with Crippen LogP contribution >= 0.6 is 0 Å². The molecule has 1 N–H and O–H groups in total. The maximum absolute atomic E-state index is 12.4. The molecular weight excluding hydrogens is 398 g/mol. The van der Waals surface area contributed by atoms with Crippen molar-refractivity contribution in [3.63, 3.8) is 0 Å². The van der Waals surface area contributed by atoms with Crippen molar-refractivity contribution in [3.8, 4) is 17.0 Å². The molecule has 0 atom stereocenters. The number of aromatic nitrogens is 2. The van der Waals surface area contributed by atoms with Crippen LogP contribution in [0.25, 0.3) is 22.0 Å². The lowest BCUT2D eigenvalue weighted by Crippen LogP contribution is -2.18. The zero-order valence-corrected chi connectivity index (χ0v) is 17.8. The first-order valence-corrected chi connectivity index (χ1v) is 12.0. The Balaban J connectivity index is 1.56. The molecule has 2 aliphatic rings. The molecule has 0 saturated heterocycles. The molecule has 1 aromatic carbocycles. The van der Waals surface area contributed by atoms with Crippen molar-refractivity contribution in [3.05, 3.63) is 48.3 Å². The van der Waals surface area contributed by atoms with Gasteiger partial charge in [-0.2, -0.15) is 0 Å². The van der Waals surface area contributed by atoms with Gasteiger partial charge in [-0.05, 0) is 67.0 Å².